The Morgan fingerprint density at radius 1 is 1.06 bits per heavy atom. The number of nitrogens with zero attached hydrogens (tertiary/aromatic N) is 5. The van der Waals surface area contributed by atoms with Crippen molar-refractivity contribution in [3.8, 4) is 16.8 Å². The summed E-state index contributed by atoms with van der Waals surface area (Å²) in [4.78, 5) is 28.5. The molecule has 0 radical (unpaired) electrons. The molecule has 1 saturated carbocycles. The Kier molecular flexibility index (Phi) is 4.23. The standard InChI is InChI=1S/C24H20ClN5O2/c1-28-13-16-10-18(8-9-19(16)26-28)30-24(32)22(15-4-6-17(25)7-5-15)23-20(27-30)11-21(31)29(23)12-14-2-3-14/h4-10,13-14H,2-3,11-12H2,1H3. The second-order valence-electron chi connectivity index (χ2n) is 8.56. The number of rotatable bonds is 4. The summed E-state index contributed by atoms with van der Waals surface area (Å²) in [5.41, 5.74) is 3.72. The Balaban J connectivity index is 1.59. The molecule has 0 bridgehead atoms. The minimum absolute atomic E-state index is 0.00512. The average molecular weight is 446 g/mol. The largest absolute Gasteiger partial charge is 0.309 e. The number of benzene rings is 2. The first-order valence-corrected chi connectivity index (χ1v) is 11.0. The molecule has 0 unspecified atom stereocenters. The molecule has 0 N–H and O–H groups in total. The molecule has 2 aliphatic rings. The van der Waals surface area contributed by atoms with Crippen LogP contribution in [0.3, 0.4) is 0 Å². The van der Waals surface area contributed by atoms with Gasteiger partial charge in [0.05, 0.1) is 34.6 Å². The van der Waals surface area contributed by atoms with E-state index < -0.39 is 0 Å². The van der Waals surface area contributed by atoms with Crippen LogP contribution >= 0.6 is 11.6 Å². The fourth-order valence-electron chi connectivity index (χ4n) is 4.41. The van der Waals surface area contributed by atoms with Crippen LogP contribution in [0.15, 0.2) is 53.5 Å². The van der Waals surface area contributed by atoms with Crippen molar-refractivity contribution < 1.29 is 4.79 Å². The van der Waals surface area contributed by atoms with Crippen molar-refractivity contribution in [3.05, 3.63) is 69.7 Å². The molecule has 0 spiro atoms. The molecule has 1 aliphatic heterocycles. The molecule has 7 nitrogen and oxygen atoms in total. The molecular weight excluding hydrogens is 426 g/mol. The molecule has 1 aliphatic carbocycles. The van der Waals surface area contributed by atoms with Crippen LogP contribution in [-0.2, 0) is 18.3 Å². The van der Waals surface area contributed by atoms with E-state index in [-0.39, 0.29) is 17.9 Å². The fraction of sp³-hybridized carbons (Fsp3) is 0.250. The Hall–Kier alpha value is -3.45. The Labute approximate surface area is 188 Å². The van der Waals surface area contributed by atoms with E-state index in [4.69, 9.17) is 11.6 Å². The summed E-state index contributed by atoms with van der Waals surface area (Å²) < 4.78 is 3.14. The molecule has 0 saturated heterocycles. The highest BCUT2D eigenvalue weighted by Crippen LogP contribution is 2.39. The highest BCUT2D eigenvalue weighted by Gasteiger charge is 2.37. The lowest BCUT2D eigenvalue weighted by molar-refractivity contribution is -0.117. The summed E-state index contributed by atoms with van der Waals surface area (Å²) in [6.45, 7) is 0.638. The van der Waals surface area contributed by atoms with Crippen LogP contribution in [0.25, 0.3) is 27.7 Å². The predicted molar refractivity (Wildman–Crippen MR) is 123 cm³/mol. The molecule has 160 valence electrons. The van der Waals surface area contributed by atoms with Crippen molar-refractivity contribution in [2.45, 2.75) is 19.3 Å². The van der Waals surface area contributed by atoms with Crippen molar-refractivity contribution in [1.82, 2.24) is 19.6 Å². The second-order valence-corrected chi connectivity index (χ2v) is 9.00. The van der Waals surface area contributed by atoms with E-state index in [0.29, 0.717) is 40.1 Å². The molecule has 32 heavy (non-hydrogen) atoms. The van der Waals surface area contributed by atoms with Crippen LogP contribution in [0.2, 0.25) is 5.02 Å². The van der Waals surface area contributed by atoms with Gasteiger partial charge in [-0.3, -0.25) is 14.3 Å². The second kappa shape index (κ2) is 7.03. The van der Waals surface area contributed by atoms with Gasteiger partial charge in [0.1, 0.15) is 0 Å². The van der Waals surface area contributed by atoms with E-state index in [1.807, 2.05) is 43.6 Å². The minimum Gasteiger partial charge on any atom is -0.309 e. The van der Waals surface area contributed by atoms with Gasteiger partial charge in [-0.1, -0.05) is 23.7 Å². The number of aryl methyl sites for hydroxylation is 1. The maximum absolute atomic E-state index is 13.8. The molecule has 1 amide bonds. The number of carbonyl (C=O) groups is 1. The molecule has 3 heterocycles. The summed E-state index contributed by atoms with van der Waals surface area (Å²) in [6, 6.07) is 12.8. The van der Waals surface area contributed by atoms with Gasteiger partial charge in [0.2, 0.25) is 5.91 Å². The van der Waals surface area contributed by atoms with Crippen LogP contribution in [0.1, 0.15) is 18.5 Å². The molecule has 2 aromatic heterocycles. The third-order valence-corrected chi connectivity index (χ3v) is 6.40. The van der Waals surface area contributed by atoms with Crippen molar-refractivity contribution in [2.75, 3.05) is 11.4 Å². The lowest BCUT2D eigenvalue weighted by atomic mass is 10.0. The van der Waals surface area contributed by atoms with Gasteiger partial charge in [-0.2, -0.15) is 14.9 Å². The van der Waals surface area contributed by atoms with Crippen LogP contribution < -0.4 is 10.5 Å². The van der Waals surface area contributed by atoms with Gasteiger partial charge in [-0.25, -0.2) is 0 Å². The highest BCUT2D eigenvalue weighted by atomic mass is 35.5. The Morgan fingerprint density at radius 2 is 1.84 bits per heavy atom. The summed E-state index contributed by atoms with van der Waals surface area (Å²) in [7, 11) is 1.86. The van der Waals surface area contributed by atoms with E-state index in [2.05, 4.69) is 10.2 Å². The Bertz CT molecular complexity index is 1450. The molecule has 6 rings (SSSR count). The van der Waals surface area contributed by atoms with Gasteiger partial charge in [0, 0.05) is 30.2 Å². The van der Waals surface area contributed by atoms with Gasteiger partial charge in [-0.05, 0) is 54.7 Å². The van der Waals surface area contributed by atoms with Crippen LogP contribution in [0, 0.1) is 5.92 Å². The topological polar surface area (TPSA) is 73.0 Å². The molecule has 2 aromatic carbocycles. The normalized spacial score (nSPS) is 15.6. The fourth-order valence-corrected chi connectivity index (χ4v) is 4.54. The number of aromatic nitrogens is 4. The summed E-state index contributed by atoms with van der Waals surface area (Å²) in [6.07, 6.45) is 4.33. The van der Waals surface area contributed by atoms with Crippen LogP contribution in [0.5, 0.6) is 0 Å². The first-order chi connectivity index (χ1) is 15.5. The summed E-state index contributed by atoms with van der Waals surface area (Å²) in [5, 5.41) is 10.6. The van der Waals surface area contributed by atoms with Gasteiger partial charge < -0.3 is 4.90 Å². The summed E-state index contributed by atoms with van der Waals surface area (Å²) >= 11 is 6.10. The summed E-state index contributed by atoms with van der Waals surface area (Å²) in [5.74, 6) is 0.493. The number of fused-ring (bicyclic) bond motifs is 2. The van der Waals surface area contributed by atoms with Crippen LogP contribution in [-0.4, -0.2) is 32.0 Å². The molecular formula is C24H20ClN5O2. The van der Waals surface area contributed by atoms with Crippen molar-refractivity contribution in [2.24, 2.45) is 13.0 Å². The lowest BCUT2D eigenvalue weighted by Crippen LogP contribution is -2.31. The average Bonchev–Trinajstić information content (AvgIpc) is 3.43. The molecule has 0 atom stereocenters. The third kappa shape index (κ3) is 3.12. The number of hydrogen-bond acceptors (Lipinski definition) is 4. The number of halogens is 1. The van der Waals surface area contributed by atoms with E-state index in [1.54, 1.807) is 21.7 Å². The molecule has 4 aromatic rings. The van der Waals surface area contributed by atoms with Gasteiger partial charge in [-0.15, -0.1) is 0 Å². The molecule has 8 heteroatoms. The molecule has 1 fully saturated rings. The monoisotopic (exact) mass is 445 g/mol. The SMILES string of the molecule is Cn1cc2cc(-n3nc4c(c(-c5ccc(Cl)cc5)c3=O)N(CC3CC3)C(=O)C4)ccc2n1. The number of carbonyl (C=O) groups excluding carboxylic acids is 1. The minimum atomic E-state index is -0.259. The maximum Gasteiger partial charge on any atom is 0.281 e. The smallest absolute Gasteiger partial charge is 0.281 e. The zero-order chi connectivity index (χ0) is 22.0. The van der Waals surface area contributed by atoms with Gasteiger partial charge in [0.15, 0.2) is 0 Å². The zero-order valence-corrected chi connectivity index (χ0v) is 18.2. The lowest BCUT2D eigenvalue weighted by Gasteiger charge is -2.20. The predicted octanol–water partition coefficient (Wildman–Crippen LogP) is 3.74. The van der Waals surface area contributed by atoms with E-state index in [0.717, 1.165) is 29.3 Å². The number of hydrogen-bond donors (Lipinski definition) is 0. The number of amides is 1. The maximum atomic E-state index is 13.8. The third-order valence-electron chi connectivity index (χ3n) is 6.14. The first-order valence-electron chi connectivity index (χ1n) is 10.6. The zero-order valence-electron chi connectivity index (χ0n) is 17.5. The van der Waals surface area contributed by atoms with Gasteiger partial charge in [0.25, 0.3) is 5.56 Å². The van der Waals surface area contributed by atoms with Crippen molar-refractivity contribution in [1.29, 1.82) is 0 Å². The highest BCUT2D eigenvalue weighted by molar-refractivity contribution is 6.30. The van der Waals surface area contributed by atoms with Crippen molar-refractivity contribution in [3.63, 3.8) is 0 Å². The van der Waals surface area contributed by atoms with Crippen molar-refractivity contribution >= 4 is 34.1 Å². The van der Waals surface area contributed by atoms with Gasteiger partial charge >= 0.3 is 0 Å². The Morgan fingerprint density at radius 3 is 2.59 bits per heavy atom. The van der Waals surface area contributed by atoms with Crippen LogP contribution in [0.4, 0.5) is 5.69 Å². The van der Waals surface area contributed by atoms with E-state index in [1.165, 1.54) is 4.68 Å². The first kappa shape index (κ1) is 19.3. The van der Waals surface area contributed by atoms with E-state index in [9.17, 15) is 9.59 Å². The van der Waals surface area contributed by atoms with E-state index >= 15 is 0 Å². The quantitative estimate of drug-likeness (QED) is 0.479. The number of anilines is 1.